The van der Waals surface area contributed by atoms with Crippen molar-refractivity contribution in [2.75, 3.05) is 0 Å². The van der Waals surface area contributed by atoms with Crippen LogP contribution in [0.1, 0.15) is 32.1 Å². The molecule has 0 aromatic heterocycles. The van der Waals surface area contributed by atoms with Gasteiger partial charge in [0.25, 0.3) is 0 Å². The molecule has 2 atom stereocenters. The lowest BCUT2D eigenvalue weighted by molar-refractivity contribution is -0.122. The van der Waals surface area contributed by atoms with Crippen molar-refractivity contribution in [2.45, 2.75) is 32.1 Å². The zero-order valence-electron chi connectivity index (χ0n) is 7.16. The van der Waals surface area contributed by atoms with E-state index in [-0.39, 0.29) is 17.5 Å². The third kappa shape index (κ3) is 2.19. The van der Waals surface area contributed by atoms with Crippen molar-refractivity contribution in [2.24, 2.45) is 11.8 Å². The normalized spacial score (nSPS) is 30.7. The lowest BCUT2D eigenvalue weighted by atomic mass is 9.78. The quantitative estimate of drug-likeness (QED) is 0.347. The van der Waals surface area contributed by atoms with Crippen molar-refractivity contribution in [1.29, 1.82) is 0 Å². The van der Waals surface area contributed by atoms with Gasteiger partial charge in [-0.05, 0) is 12.8 Å². The van der Waals surface area contributed by atoms with Crippen LogP contribution < -0.4 is 0 Å². The smallest absolute Gasteiger partial charge is 0.168 e. The summed E-state index contributed by atoms with van der Waals surface area (Å²) in [6.07, 6.45) is 5.70. The van der Waals surface area contributed by atoms with Gasteiger partial charge in [0.05, 0.1) is 5.68 Å². The van der Waals surface area contributed by atoms with E-state index in [1.54, 1.807) is 0 Å². The van der Waals surface area contributed by atoms with Crippen LogP contribution in [0.3, 0.4) is 0 Å². The highest BCUT2D eigenvalue weighted by molar-refractivity contribution is 6.58. The monoisotopic (exact) mass is 164 g/mol. The van der Waals surface area contributed by atoms with E-state index < -0.39 is 0 Å². The Bertz CT molecular complexity index is 179. The molecule has 3 heteroatoms. The molecule has 0 bridgehead atoms. The molecule has 1 aliphatic rings. The Morgan fingerprint density at radius 3 is 2.50 bits per heavy atom. The van der Waals surface area contributed by atoms with Gasteiger partial charge < -0.3 is 9.59 Å². The average Bonchev–Trinajstić information content (AvgIpc) is 2.27. The van der Waals surface area contributed by atoms with Crippen LogP contribution in [0.25, 0.3) is 0 Å². The number of carbonyl (C=O) groups excluding carboxylic acids is 2. The summed E-state index contributed by atoms with van der Waals surface area (Å²) < 4.78 is 0. The summed E-state index contributed by atoms with van der Waals surface area (Å²) in [6, 6.07) is 0. The zero-order valence-corrected chi connectivity index (χ0v) is 7.16. The molecule has 0 aliphatic heterocycles. The van der Waals surface area contributed by atoms with Crippen molar-refractivity contribution in [3.63, 3.8) is 0 Å². The zero-order chi connectivity index (χ0) is 8.97. The van der Waals surface area contributed by atoms with Crippen molar-refractivity contribution >= 4 is 19.8 Å². The first kappa shape index (κ1) is 9.49. The summed E-state index contributed by atoms with van der Waals surface area (Å²) in [5.41, 5.74) is -0.311. The van der Waals surface area contributed by atoms with Crippen LogP contribution in [0, 0.1) is 11.8 Å². The second-order valence-electron chi connectivity index (χ2n) is 3.45. The van der Waals surface area contributed by atoms with Crippen molar-refractivity contribution in [3.8, 4) is 0 Å². The molecule has 0 heterocycles. The molecule has 0 amide bonds. The fourth-order valence-electron chi connectivity index (χ4n) is 1.85. The molecule has 2 radical (unpaired) electrons. The lowest BCUT2D eigenvalue weighted by Crippen LogP contribution is -2.23. The topological polar surface area (TPSA) is 34.1 Å². The van der Waals surface area contributed by atoms with E-state index in [1.165, 1.54) is 0 Å². The Morgan fingerprint density at radius 1 is 1.25 bits per heavy atom. The summed E-state index contributed by atoms with van der Waals surface area (Å²) in [6.45, 7) is 0. The molecule has 2 nitrogen and oxygen atoms in total. The molecule has 0 aromatic carbocycles. The molecular weight excluding hydrogens is 151 g/mol. The van der Waals surface area contributed by atoms with Gasteiger partial charge in [0, 0.05) is 11.8 Å². The molecule has 1 fully saturated rings. The summed E-state index contributed by atoms with van der Waals surface area (Å²) in [5.74, 6) is -0.324. The van der Waals surface area contributed by atoms with Crippen LogP contribution in [0.4, 0.5) is 0 Å². The van der Waals surface area contributed by atoms with Crippen molar-refractivity contribution in [1.82, 2.24) is 0 Å². The van der Waals surface area contributed by atoms with Crippen molar-refractivity contribution in [3.05, 3.63) is 0 Å². The van der Waals surface area contributed by atoms with E-state index in [9.17, 15) is 9.59 Å². The first-order valence-corrected chi connectivity index (χ1v) is 4.50. The van der Waals surface area contributed by atoms with E-state index in [1.807, 2.05) is 0 Å². The molecule has 0 spiro atoms. The predicted octanol–water partition coefficient (Wildman–Crippen LogP) is 1.08. The van der Waals surface area contributed by atoms with Gasteiger partial charge in [0.1, 0.15) is 6.29 Å². The lowest BCUT2D eigenvalue weighted by Gasteiger charge is -2.16. The average molecular weight is 164 g/mol. The fourth-order valence-corrected chi connectivity index (χ4v) is 1.85. The summed E-state index contributed by atoms with van der Waals surface area (Å²) in [7, 11) is 5.20. The van der Waals surface area contributed by atoms with E-state index in [2.05, 4.69) is 0 Å². The standard InChI is InChI=1S/C9H13BO2/c10-9(12)8-5-3-1-2-4-7(8)6-11/h6-8H,1-5H2. The minimum atomic E-state index is -0.311. The second kappa shape index (κ2) is 4.44. The number of hydrogen-bond acceptors (Lipinski definition) is 2. The van der Waals surface area contributed by atoms with Crippen molar-refractivity contribution < 1.29 is 9.59 Å². The minimum absolute atomic E-state index is 0.120. The summed E-state index contributed by atoms with van der Waals surface area (Å²) in [5, 5.41) is 0. The third-order valence-electron chi connectivity index (χ3n) is 2.61. The van der Waals surface area contributed by atoms with E-state index in [0.717, 1.165) is 38.4 Å². The number of carbonyl (C=O) groups is 2. The summed E-state index contributed by atoms with van der Waals surface area (Å²) in [4.78, 5) is 21.6. The highest BCUT2D eigenvalue weighted by atomic mass is 16.1. The molecule has 64 valence electrons. The van der Waals surface area contributed by atoms with E-state index >= 15 is 0 Å². The highest BCUT2D eigenvalue weighted by Gasteiger charge is 2.25. The predicted molar refractivity (Wildman–Crippen MR) is 46.9 cm³/mol. The molecule has 0 aromatic rings. The van der Waals surface area contributed by atoms with Crippen LogP contribution in [0.2, 0.25) is 0 Å². The van der Waals surface area contributed by atoms with Gasteiger partial charge in [-0.25, -0.2) is 0 Å². The largest absolute Gasteiger partial charge is 0.312 e. The first-order valence-electron chi connectivity index (χ1n) is 4.50. The van der Waals surface area contributed by atoms with Gasteiger partial charge in [-0.15, -0.1) is 0 Å². The molecule has 2 unspecified atom stereocenters. The van der Waals surface area contributed by atoms with Crippen LogP contribution >= 0.6 is 0 Å². The van der Waals surface area contributed by atoms with Gasteiger partial charge in [0.15, 0.2) is 7.85 Å². The Labute approximate surface area is 74.1 Å². The third-order valence-corrected chi connectivity index (χ3v) is 2.61. The first-order chi connectivity index (χ1) is 5.75. The Kier molecular flexibility index (Phi) is 3.51. The Morgan fingerprint density at radius 2 is 1.92 bits per heavy atom. The Hall–Kier alpha value is -0.595. The minimum Gasteiger partial charge on any atom is -0.312 e. The number of rotatable bonds is 2. The second-order valence-corrected chi connectivity index (χ2v) is 3.45. The molecule has 0 saturated heterocycles. The van der Waals surface area contributed by atoms with Crippen LogP contribution in [0.15, 0.2) is 0 Å². The van der Waals surface area contributed by atoms with Gasteiger partial charge in [-0.3, -0.25) is 0 Å². The molecule has 1 rings (SSSR count). The maximum atomic E-state index is 10.9. The van der Waals surface area contributed by atoms with Gasteiger partial charge in [0.2, 0.25) is 0 Å². The molecule has 1 aliphatic carbocycles. The van der Waals surface area contributed by atoms with Crippen LogP contribution in [-0.4, -0.2) is 19.8 Å². The maximum Gasteiger partial charge on any atom is 0.168 e. The maximum absolute atomic E-state index is 10.9. The summed E-state index contributed by atoms with van der Waals surface area (Å²) >= 11 is 0. The Balaban J connectivity index is 2.63. The van der Waals surface area contributed by atoms with E-state index in [4.69, 9.17) is 7.85 Å². The molecule has 1 saturated carbocycles. The van der Waals surface area contributed by atoms with Gasteiger partial charge in [-0.2, -0.15) is 0 Å². The fraction of sp³-hybridized carbons (Fsp3) is 0.778. The van der Waals surface area contributed by atoms with Gasteiger partial charge in [-0.1, -0.05) is 19.3 Å². The molecule has 0 N–H and O–H groups in total. The SMILES string of the molecule is [B]C(=O)C1CCCCCC1C=O. The van der Waals surface area contributed by atoms with E-state index in [0.29, 0.717) is 0 Å². The van der Waals surface area contributed by atoms with Gasteiger partial charge >= 0.3 is 0 Å². The number of aldehydes is 1. The van der Waals surface area contributed by atoms with Crippen LogP contribution in [-0.2, 0) is 9.59 Å². The number of hydrogen-bond donors (Lipinski definition) is 0. The van der Waals surface area contributed by atoms with Crippen LogP contribution in [0.5, 0.6) is 0 Å². The highest BCUT2D eigenvalue weighted by Crippen LogP contribution is 2.27. The molecular formula is C9H13BO2. The molecule has 12 heavy (non-hydrogen) atoms.